The average Bonchev–Trinajstić information content (AvgIpc) is 3.69. The van der Waals surface area contributed by atoms with Crippen molar-refractivity contribution in [3.05, 3.63) is 64.2 Å². The lowest BCUT2D eigenvalue weighted by atomic mass is 9.86. The van der Waals surface area contributed by atoms with Crippen LogP contribution in [-0.2, 0) is 29.8 Å². The molecular weight excluding hydrogens is 569 g/mol. The largest absolute Gasteiger partial charge is 0.446 e. The molecule has 0 radical (unpaired) electrons. The Bertz CT molecular complexity index is 1310. The minimum absolute atomic E-state index is 0.0251. The van der Waals surface area contributed by atoms with Crippen molar-refractivity contribution >= 4 is 11.8 Å². The number of fused-ring (bicyclic) bond motifs is 1. The molecule has 222 valence electrons. The number of nitriles is 1. The van der Waals surface area contributed by atoms with E-state index in [9.17, 15) is 49.6 Å². The Morgan fingerprint density at radius 2 is 1.51 bits per heavy atom. The summed E-state index contributed by atoms with van der Waals surface area (Å²) in [5.74, 6) is -0.0846. The molecule has 41 heavy (non-hydrogen) atoms. The molecular formula is C27H24F9N3O2. The number of alkyl halides is 9. The lowest BCUT2D eigenvalue weighted by Crippen LogP contribution is -2.49. The van der Waals surface area contributed by atoms with Crippen molar-refractivity contribution in [2.24, 2.45) is 5.92 Å². The molecule has 1 saturated carbocycles. The van der Waals surface area contributed by atoms with Crippen LogP contribution >= 0.6 is 0 Å². The van der Waals surface area contributed by atoms with Gasteiger partial charge >= 0.3 is 24.6 Å². The maximum Gasteiger partial charge on any atom is 0.416 e. The highest BCUT2D eigenvalue weighted by atomic mass is 19.4. The third-order valence-electron chi connectivity index (χ3n) is 6.97. The van der Waals surface area contributed by atoms with Gasteiger partial charge in [0.25, 0.3) is 0 Å². The molecule has 2 aliphatic rings. The molecule has 5 nitrogen and oxygen atoms in total. The molecule has 0 bridgehead atoms. The number of halogens is 9. The first-order valence-corrected chi connectivity index (χ1v) is 12.6. The predicted molar refractivity (Wildman–Crippen MR) is 127 cm³/mol. The van der Waals surface area contributed by atoms with Crippen LogP contribution in [-0.4, -0.2) is 23.1 Å². The van der Waals surface area contributed by atoms with Crippen LogP contribution in [0.3, 0.4) is 0 Å². The second-order valence-corrected chi connectivity index (χ2v) is 10.4. The first kappa shape index (κ1) is 30.3. The molecule has 4 rings (SSSR count). The quantitative estimate of drug-likeness (QED) is 0.199. The molecule has 1 aliphatic carbocycles. The number of anilines is 1. The van der Waals surface area contributed by atoms with Crippen molar-refractivity contribution < 1.29 is 49.0 Å². The van der Waals surface area contributed by atoms with E-state index in [1.807, 2.05) is 0 Å². The number of benzene rings is 2. The Hall–Kier alpha value is -3.63. The molecule has 2 aromatic carbocycles. The van der Waals surface area contributed by atoms with Gasteiger partial charge < -0.3 is 4.74 Å². The van der Waals surface area contributed by atoms with Crippen LogP contribution in [0.15, 0.2) is 36.4 Å². The van der Waals surface area contributed by atoms with Gasteiger partial charge in [0.1, 0.15) is 0 Å². The normalized spacial score (nSPS) is 19.5. The van der Waals surface area contributed by atoms with E-state index in [4.69, 9.17) is 4.74 Å². The molecule has 1 amide bonds. The Kier molecular flexibility index (Phi) is 7.88. The van der Waals surface area contributed by atoms with Gasteiger partial charge in [-0.25, -0.2) is 4.79 Å². The molecule has 2 unspecified atom stereocenters. The number of carbonyl (C=O) groups is 1. The third-order valence-corrected chi connectivity index (χ3v) is 6.97. The number of hydrogen-bond donors (Lipinski definition) is 0. The molecule has 0 N–H and O–H groups in total. The van der Waals surface area contributed by atoms with Crippen LogP contribution < -0.4 is 4.90 Å². The van der Waals surface area contributed by atoms with Gasteiger partial charge in [-0.2, -0.15) is 44.8 Å². The van der Waals surface area contributed by atoms with Crippen molar-refractivity contribution in [1.29, 1.82) is 5.26 Å². The maximum absolute atomic E-state index is 13.7. The number of nitrogens with zero attached hydrogens (tertiary/aromatic N) is 3. The third kappa shape index (κ3) is 6.65. The molecule has 0 aromatic heterocycles. The van der Waals surface area contributed by atoms with Gasteiger partial charge in [-0.05, 0) is 86.6 Å². The van der Waals surface area contributed by atoms with Gasteiger partial charge in [0, 0.05) is 6.04 Å². The molecule has 1 fully saturated rings. The Morgan fingerprint density at radius 3 is 1.98 bits per heavy atom. The standard InChI is InChI=1S/C27H24F9N3O2/c1-14(2)41-24(40)39-21-6-5-17(25(28,29)30)10-20(21)23(11-22(39)16-3-4-16)38(13-37)12-15-7-18(26(31,32)33)9-19(8-15)27(34,35)36/h5-10,14,16,22-23H,3-4,11-12H2,1-2H3. The van der Waals surface area contributed by atoms with Crippen LogP contribution in [0.2, 0.25) is 0 Å². The Morgan fingerprint density at radius 1 is 0.951 bits per heavy atom. The molecule has 1 heterocycles. The molecule has 2 atom stereocenters. The van der Waals surface area contributed by atoms with Crippen LogP contribution in [0.1, 0.15) is 67.0 Å². The maximum atomic E-state index is 13.7. The minimum atomic E-state index is -5.12. The molecule has 1 aliphatic heterocycles. The highest BCUT2D eigenvalue weighted by molar-refractivity contribution is 5.90. The van der Waals surface area contributed by atoms with Gasteiger partial charge in [-0.3, -0.25) is 9.80 Å². The second-order valence-electron chi connectivity index (χ2n) is 10.4. The van der Waals surface area contributed by atoms with Gasteiger partial charge in [-0.15, -0.1) is 0 Å². The average molecular weight is 593 g/mol. The smallest absolute Gasteiger partial charge is 0.416 e. The molecule has 0 saturated heterocycles. The van der Waals surface area contributed by atoms with Crippen LogP contribution in [0, 0.1) is 17.4 Å². The van der Waals surface area contributed by atoms with Gasteiger partial charge in [0.15, 0.2) is 6.19 Å². The minimum Gasteiger partial charge on any atom is -0.446 e. The molecule has 0 spiro atoms. The fourth-order valence-electron chi connectivity index (χ4n) is 5.05. The SMILES string of the molecule is CC(C)OC(=O)N1c2ccc(C(F)(F)F)cc2C(N(C#N)Cc2cc(C(F)(F)F)cc(C(F)(F)F)c2)CC1C1CC1. The predicted octanol–water partition coefficient (Wildman–Crippen LogP) is 8.30. The van der Waals surface area contributed by atoms with Crippen molar-refractivity contribution in [3.63, 3.8) is 0 Å². The fraction of sp³-hybridized carbons (Fsp3) is 0.481. The Balaban J connectivity index is 1.82. The van der Waals surface area contributed by atoms with E-state index in [0.29, 0.717) is 25.0 Å². The number of carbonyl (C=O) groups excluding carboxylic acids is 1. The van der Waals surface area contributed by atoms with Gasteiger partial charge in [-0.1, -0.05) is 0 Å². The lowest BCUT2D eigenvalue weighted by molar-refractivity contribution is -0.143. The summed E-state index contributed by atoms with van der Waals surface area (Å²) in [6.45, 7) is 2.43. The van der Waals surface area contributed by atoms with E-state index in [1.54, 1.807) is 20.0 Å². The van der Waals surface area contributed by atoms with Crippen molar-refractivity contribution in [2.45, 2.75) is 76.4 Å². The van der Waals surface area contributed by atoms with Crippen LogP contribution in [0.5, 0.6) is 0 Å². The van der Waals surface area contributed by atoms with E-state index in [-0.39, 0.29) is 29.7 Å². The topological polar surface area (TPSA) is 56.6 Å². The zero-order valence-electron chi connectivity index (χ0n) is 21.7. The summed E-state index contributed by atoms with van der Waals surface area (Å²) >= 11 is 0. The monoisotopic (exact) mass is 593 g/mol. The van der Waals surface area contributed by atoms with E-state index in [1.165, 1.54) is 4.90 Å². The number of rotatable bonds is 5. The number of hydrogen-bond acceptors (Lipinski definition) is 4. The van der Waals surface area contributed by atoms with Crippen LogP contribution in [0.4, 0.5) is 50.0 Å². The lowest BCUT2D eigenvalue weighted by Gasteiger charge is -2.43. The summed E-state index contributed by atoms with van der Waals surface area (Å²) in [4.78, 5) is 15.2. The van der Waals surface area contributed by atoms with Crippen molar-refractivity contribution in [1.82, 2.24) is 4.90 Å². The van der Waals surface area contributed by atoms with E-state index in [0.717, 1.165) is 23.1 Å². The highest BCUT2D eigenvalue weighted by Gasteiger charge is 2.47. The zero-order chi connectivity index (χ0) is 30.5. The van der Waals surface area contributed by atoms with Crippen molar-refractivity contribution in [2.75, 3.05) is 4.90 Å². The number of ether oxygens (including phenoxy) is 1. The summed E-state index contributed by atoms with van der Waals surface area (Å²) in [6, 6.07) is 1.67. The Labute approximate surface area is 229 Å². The molecule has 2 aromatic rings. The summed E-state index contributed by atoms with van der Waals surface area (Å²) in [6.07, 6.45) is -13.4. The first-order valence-electron chi connectivity index (χ1n) is 12.6. The second kappa shape index (κ2) is 10.6. The fourth-order valence-corrected chi connectivity index (χ4v) is 5.05. The number of amides is 1. The summed E-state index contributed by atoms with van der Waals surface area (Å²) in [5.41, 5.74) is -4.87. The van der Waals surface area contributed by atoms with Crippen LogP contribution in [0.25, 0.3) is 0 Å². The van der Waals surface area contributed by atoms with Gasteiger partial charge in [0.05, 0.1) is 41.1 Å². The molecule has 14 heteroatoms. The first-order chi connectivity index (χ1) is 18.9. The van der Waals surface area contributed by atoms with E-state index >= 15 is 0 Å². The highest BCUT2D eigenvalue weighted by Crippen LogP contribution is 2.50. The van der Waals surface area contributed by atoms with Gasteiger partial charge in [0.2, 0.25) is 0 Å². The summed E-state index contributed by atoms with van der Waals surface area (Å²) in [5, 5.41) is 9.99. The summed E-state index contributed by atoms with van der Waals surface area (Å²) in [7, 11) is 0. The van der Waals surface area contributed by atoms with E-state index < -0.39 is 71.6 Å². The van der Waals surface area contributed by atoms with Crippen molar-refractivity contribution in [3.8, 4) is 6.19 Å². The summed E-state index contributed by atoms with van der Waals surface area (Å²) < 4.78 is 127. The van der Waals surface area contributed by atoms with E-state index in [2.05, 4.69) is 0 Å². The zero-order valence-corrected chi connectivity index (χ0v) is 21.7.